The third-order valence-electron chi connectivity index (χ3n) is 4.05. The fourth-order valence-electron chi connectivity index (χ4n) is 2.43. The van der Waals surface area contributed by atoms with E-state index in [2.05, 4.69) is 15.8 Å². The number of benzene rings is 1. The highest BCUT2D eigenvalue weighted by Crippen LogP contribution is 2.29. The van der Waals surface area contributed by atoms with E-state index in [1.165, 1.54) is 6.20 Å². The predicted octanol–water partition coefficient (Wildman–Crippen LogP) is 1.88. The molecule has 3 rings (SSSR count). The molecule has 1 amide bonds. The summed E-state index contributed by atoms with van der Waals surface area (Å²) in [6, 6.07) is 2.41. The first kappa shape index (κ1) is 18.3. The molecule has 0 aliphatic heterocycles. The summed E-state index contributed by atoms with van der Waals surface area (Å²) >= 11 is 0. The number of hydrogen-bond acceptors (Lipinski definition) is 4. The van der Waals surface area contributed by atoms with E-state index >= 15 is 0 Å². The number of nitrogens with one attached hydrogen (secondary N) is 2. The zero-order chi connectivity index (χ0) is 18.8. The fourth-order valence-corrected chi connectivity index (χ4v) is 2.43. The molecule has 1 aliphatic carbocycles. The summed E-state index contributed by atoms with van der Waals surface area (Å²) < 4.78 is 41.6. The Kier molecular flexibility index (Phi) is 5.17. The molecule has 9 heteroatoms. The predicted molar refractivity (Wildman–Crippen MR) is 92.9 cm³/mol. The van der Waals surface area contributed by atoms with Crippen LogP contribution in [0.15, 0.2) is 18.3 Å². The topological polar surface area (TPSA) is 63.2 Å². The maximum Gasteiger partial charge on any atom is 0.277 e. The lowest BCUT2D eigenvalue weighted by molar-refractivity contribution is 0.0270. The lowest BCUT2D eigenvalue weighted by atomic mass is 9.95. The largest absolute Gasteiger partial charge is 0.338 e. The standard InChI is InChI=1S/C17H17BF3N3O2/c1-8-4-11(18)16(22-6-8)23-15-10(5-12(19)13(20)14(15)21)17(25)24-26-7-9-2-3-9/h4-6,9H,2-3,7,18H2,1H3,(H,22,23)(H,24,25). The normalized spacial score (nSPS) is 13.5. The number of halogens is 3. The van der Waals surface area contributed by atoms with E-state index in [9.17, 15) is 18.0 Å². The van der Waals surface area contributed by atoms with Gasteiger partial charge in [-0.1, -0.05) is 6.07 Å². The highest BCUT2D eigenvalue weighted by Gasteiger charge is 2.25. The molecule has 0 atom stereocenters. The summed E-state index contributed by atoms with van der Waals surface area (Å²) in [4.78, 5) is 21.4. The van der Waals surface area contributed by atoms with E-state index in [-0.39, 0.29) is 5.82 Å². The van der Waals surface area contributed by atoms with Crippen LogP contribution >= 0.6 is 0 Å². The lowest BCUT2D eigenvalue weighted by Gasteiger charge is -2.15. The van der Waals surface area contributed by atoms with Gasteiger partial charge in [-0.15, -0.1) is 0 Å². The first-order chi connectivity index (χ1) is 12.4. The van der Waals surface area contributed by atoms with E-state index in [0.717, 1.165) is 18.4 Å². The van der Waals surface area contributed by atoms with Crippen molar-refractivity contribution in [2.75, 3.05) is 11.9 Å². The van der Waals surface area contributed by atoms with Crippen molar-refractivity contribution in [2.24, 2.45) is 5.92 Å². The molecule has 0 saturated heterocycles. The smallest absolute Gasteiger partial charge is 0.277 e. The Balaban J connectivity index is 1.90. The highest BCUT2D eigenvalue weighted by molar-refractivity contribution is 6.35. The average molecular weight is 363 g/mol. The molecule has 1 aromatic carbocycles. The van der Waals surface area contributed by atoms with Crippen molar-refractivity contribution < 1.29 is 22.8 Å². The van der Waals surface area contributed by atoms with Crippen molar-refractivity contribution in [3.63, 3.8) is 0 Å². The van der Waals surface area contributed by atoms with Crippen LogP contribution in [-0.2, 0) is 4.84 Å². The lowest BCUT2D eigenvalue weighted by Crippen LogP contribution is -2.26. The number of amides is 1. The molecule has 1 aromatic heterocycles. The van der Waals surface area contributed by atoms with E-state index in [0.29, 0.717) is 24.1 Å². The highest BCUT2D eigenvalue weighted by atomic mass is 19.2. The van der Waals surface area contributed by atoms with Crippen LogP contribution < -0.4 is 16.3 Å². The minimum Gasteiger partial charge on any atom is -0.338 e. The molecule has 0 bridgehead atoms. The van der Waals surface area contributed by atoms with Crippen molar-refractivity contribution in [3.8, 4) is 0 Å². The number of carbonyl (C=O) groups excluding carboxylic acids is 1. The minimum atomic E-state index is -1.67. The third kappa shape index (κ3) is 3.99. The molecule has 0 spiro atoms. The summed E-state index contributed by atoms with van der Waals surface area (Å²) in [5.41, 5.74) is 2.76. The number of aryl methyl sites for hydroxylation is 1. The fraction of sp³-hybridized carbons (Fsp3) is 0.294. The van der Waals surface area contributed by atoms with Gasteiger partial charge in [0.2, 0.25) is 0 Å². The number of carbonyl (C=O) groups is 1. The van der Waals surface area contributed by atoms with Crippen molar-refractivity contribution in [2.45, 2.75) is 19.8 Å². The number of hydroxylamine groups is 1. The molecule has 1 heterocycles. The van der Waals surface area contributed by atoms with Gasteiger partial charge in [-0.25, -0.2) is 23.6 Å². The second-order valence-corrected chi connectivity index (χ2v) is 6.40. The van der Waals surface area contributed by atoms with E-state index in [1.54, 1.807) is 13.9 Å². The molecule has 0 unspecified atom stereocenters. The van der Waals surface area contributed by atoms with Gasteiger partial charge in [-0.3, -0.25) is 9.63 Å². The Morgan fingerprint density at radius 3 is 2.69 bits per heavy atom. The Morgan fingerprint density at radius 1 is 1.31 bits per heavy atom. The minimum absolute atomic E-state index is 0.230. The van der Waals surface area contributed by atoms with Crippen LogP contribution in [0.25, 0.3) is 0 Å². The SMILES string of the molecule is Bc1cc(C)cnc1Nc1c(C(=O)NOCC2CC2)cc(F)c(F)c1F. The zero-order valence-corrected chi connectivity index (χ0v) is 14.3. The van der Waals surface area contributed by atoms with Crippen LogP contribution in [0.4, 0.5) is 24.7 Å². The zero-order valence-electron chi connectivity index (χ0n) is 14.3. The van der Waals surface area contributed by atoms with E-state index in [1.807, 2.05) is 6.92 Å². The molecule has 136 valence electrons. The Hall–Kier alpha value is -2.55. The summed E-state index contributed by atoms with van der Waals surface area (Å²) in [6.45, 7) is 2.15. The number of rotatable bonds is 6. The van der Waals surface area contributed by atoms with Crippen LogP contribution in [0, 0.1) is 30.3 Å². The van der Waals surface area contributed by atoms with Gasteiger partial charge in [0.1, 0.15) is 13.7 Å². The van der Waals surface area contributed by atoms with Crippen LogP contribution in [0.3, 0.4) is 0 Å². The third-order valence-corrected chi connectivity index (χ3v) is 4.05. The second-order valence-electron chi connectivity index (χ2n) is 6.40. The van der Waals surface area contributed by atoms with E-state index in [4.69, 9.17) is 4.84 Å². The summed E-state index contributed by atoms with van der Waals surface area (Å²) in [5, 5.41) is 2.59. The van der Waals surface area contributed by atoms with E-state index < -0.39 is 34.6 Å². The Labute approximate surface area is 149 Å². The van der Waals surface area contributed by atoms with Gasteiger partial charge >= 0.3 is 0 Å². The molecule has 1 fully saturated rings. The van der Waals surface area contributed by atoms with Gasteiger partial charge in [0.05, 0.1) is 17.9 Å². The van der Waals surface area contributed by atoms with Crippen molar-refractivity contribution in [1.82, 2.24) is 10.5 Å². The number of nitrogens with zero attached hydrogens (tertiary/aromatic N) is 1. The van der Waals surface area contributed by atoms with Gasteiger partial charge < -0.3 is 5.32 Å². The number of aromatic nitrogens is 1. The molecule has 2 aromatic rings. The van der Waals surface area contributed by atoms with Crippen molar-refractivity contribution >= 4 is 30.7 Å². The van der Waals surface area contributed by atoms with Crippen LogP contribution in [-0.4, -0.2) is 25.3 Å². The monoisotopic (exact) mass is 363 g/mol. The molecule has 2 N–H and O–H groups in total. The van der Waals surface area contributed by atoms with Crippen LogP contribution in [0.5, 0.6) is 0 Å². The van der Waals surface area contributed by atoms with Crippen molar-refractivity contribution in [1.29, 1.82) is 0 Å². The molecular weight excluding hydrogens is 346 g/mol. The number of hydrogen-bond donors (Lipinski definition) is 2. The molecule has 26 heavy (non-hydrogen) atoms. The maximum absolute atomic E-state index is 14.3. The van der Waals surface area contributed by atoms with Gasteiger partial charge in [0.25, 0.3) is 5.91 Å². The summed E-state index contributed by atoms with van der Waals surface area (Å²) in [7, 11) is 1.72. The van der Waals surface area contributed by atoms with Gasteiger partial charge in [-0.2, -0.15) is 0 Å². The quantitative estimate of drug-likeness (QED) is 0.468. The van der Waals surface area contributed by atoms with Gasteiger partial charge in [-0.05, 0) is 42.8 Å². The number of pyridine rings is 1. The molecule has 1 aliphatic rings. The molecular formula is C17H17BF3N3O2. The molecule has 1 saturated carbocycles. The Morgan fingerprint density at radius 2 is 2.04 bits per heavy atom. The maximum atomic E-state index is 14.3. The molecule has 0 radical (unpaired) electrons. The summed E-state index contributed by atoms with van der Waals surface area (Å²) in [5.74, 6) is -4.90. The second kappa shape index (κ2) is 7.37. The molecule has 5 nitrogen and oxygen atoms in total. The van der Waals surface area contributed by atoms with Gasteiger partial charge in [0, 0.05) is 6.20 Å². The Bertz CT molecular complexity index is 860. The first-order valence-electron chi connectivity index (χ1n) is 8.16. The number of anilines is 2. The first-order valence-corrected chi connectivity index (χ1v) is 8.16. The van der Waals surface area contributed by atoms with Gasteiger partial charge in [0.15, 0.2) is 17.5 Å². The summed E-state index contributed by atoms with van der Waals surface area (Å²) in [6.07, 6.45) is 3.56. The average Bonchev–Trinajstić information content (AvgIpc) is 3.41. The van der Waals surface area contributed by atoms with Crippen LogP contribution in [0.1, 0.15) is 28.8 Å². The van der Waals surface area contributed by atoms with Crippen LogP contribution in [0.2, 0.25) is 0 Å². The van der Waals surface area contributed by atoms with Crippen molar-refractivity contribution in [3.05, 3.63) is 46.9 Å².